The molecule has 26 heavy (non-hydrogen) atoms. The molecular formula is C20H22FN3O2. The Bertz CT molecular complexity index is 816. The van der Waals surface area contributed by atoms with Crippen LogP contribution in [0.15, 0.2) is 47.5 Å². The summed E-state index contributed by atoms with van der Waals surface area (Å²) in [5, 5.41) is 6.72. The van der Waals surface area contributed by atoms with Crippen LogP contribution < -0.4 is 20.1 Å². The molecule has 1 saturated carbocycles. The van der Waals surface area contributed by atoms with Crippen molar-refractivity contribution in [3.8, 4) is 11.5 Å². The molecule has 6 heteroatoms. The molecule has 5 nitrogen and oxygen atoms in total. The van der Waals surface area contributed by atoms with Crippen molar-refractivity contribution in [3.05, 3.63) is 59.4 Å². The van der Waals surface area contributed by atoms with Gasteiger partial charge in [-0.25, -0.2) is 4.39 Å². The van der Waals surface area contributed by atoms with Crippen molar-refractivity contribution >= 4 is 5.96 Å². The first kappa shape index (κ1) is 16.7. The smallest absolute Gasteiger partial charge is 0.231 e. The molecule has 1 aliphatic carbocycles. The van der Waals surface area contributed by atoms with E-state index in [1.54, 1.807) is 7.05 Å². The number of fused-ring (bicyclic) bond motifs is 1. The second-order valence-corrected chi connectivity index (χ2v) is 6.75. The van der Waals surface area contributed by atoms with Gasteiger partial charge in [0.05, 0.1) is 0 Å². The SMILES string of the molecule is CN=C(NCc1ccc2c(c1)OCO2)NCC1(c2ccc(F)cc2)CC1. The molecule has 1 aliphatic heterocycles. The number of halogens is 1. The molecule has 2 aromatic carbocycles. The molecule has 0 bridgehead atoms. The standard InChI is InChI=1S/C20H22FN3O2/c1-22-19(23-11-14-2-7-17-18(10-14)26-13-25-17)24-12-20(8-9-20)15-3-5-16(21)6-4-15/h2-7,10H,8-9,11-13H2,1H3,(H2,22,23,24). The van der Waals surface area contributed by atoms with Crippen molar-refractivity contribution in [1.29, 1.82) is 0 Å². The Morgan fingerprint density at radius 1 is 1.08 bits per heavy atom. The maximum Gasteiger partial charge on any atom is 0.231 e. The van der Waals surface area contributed by atoms with E-state index >= 15 is 0 Å². The third kappa shape index (κ3) is 3.45. The molecule has 2 N–H and O–H groups in total. The van der Waals surface area contributed by atoms with E-state index < -0.39 is 0 Å². The number of nitrogens with one attached hydrogen (secondary N) is 2. The largest absolute Gasteiger partial charge is 0.454 e. The number of nitrogens with zero attached hydrogens (tertiary/aromatic N) is 1. The normalized spacial score (nSPS) is 17.1. The van der Waals surface area contributed by atoms with Crippen molar-refractivity contribution < 1.29 is 13.9 Å². The van der Waals surface area contributed by atoms with E-state index in [9.17, 15) is 4.39 Å². The predicted octanol–water partition coefficient (Wildman–Crippen LogP) is 2.95. The lowest BCUT2D eigenvalue weighted by Gasteiger charge is -2.19. The summed E-state index contributed by atoms with van der Waals surface area (Å²) >= 11 is 0. The summed E-state index contributed by atoms with van der Waals surface area (Å²) in [5.74, 6) is 2.11. The summed E-state index contributed by atoms with van der Waals surface area (Å²) in [6, 6.07) is 12.7. The van der Waals surface area contributed by atoms with Crippen LogP contribution >= 0.6 is 0 Å². The third-order valence-corrected chi connectivity index (χ3v) is 5.02. The van der Waals surface area contributed by atoms with Crippen LogP contribution in [0.5, 0.6) is 11.5 Å². The Morgan fingerprint density at radius 2 is 1.85 bits per heavy atom. The molecule has 2 aromatic rings. The Balaban J connectivity index is 1.33. The highest BCUT2D eigenvalue weighted by atomic mass is 19.1. The van der Waals surface area contributed by atoms with Gasteiger partial charge in [0.2, 0.25) is 6.79 Å². The molecule has 0 saturated heterocycles. The van der Waals surface area contributed by atoms with Gasteiger partial charge in [0.1, 0.15) is 5.82 Å². The number of rotatable bonds is 5. The van der Waals surface area contributed by atoms with Gasteiger partial charge in [-0.15, -0.1) is 0 Å². The minimum atomic E-state index is -0.196. The van der Waals surface area contributed by atoms with E-state index in [4.69, 9.17) is 9.47 Å². The highest BCUT2D eigenvalue weighted by Crippen LogP contribution is 2.47. The molecule has 2 aliphatic rings. The van der Waals surface area contributed by atoms with Gasteiger partial charge in [-0.1, -0.05) is 18.2 Å². The topological polar surface area (TPSA) is 54.9 Å². The van der Waals surface area contributed by atoms with Crippen molar-refractivity contribution in [1.82, 2.24) is 10.6 Å². The Hall–Kier alpha value is -2.76. The van der Waals surface area contributed by atoms with E-state index in [1.807, 2.05) is 30.3 Å². The van der Waals surface area contributed by atoms with E-state index in [-0.39, 0.29) is 18.0 Å². The van der Waals surface area contributed by atoms with Crippen LogP contribution in [0.4, 0.5) is 4.39 Å². The zero-order valence-electron chi connectivity index (χ0n) is 14.7. The molecule has 0 spiro atoms. The van der Waals surface area contributed by atoms with E-state index in [1.165, 1.54) is 17.7 Å². The number of hydrogen-bond acceptors (Lipinski definition) is 3. The minimum absolute atomic E-state index is 0.0874. The second-order valence-electron chi connectivity index (χ2n) is 6.75. The van der Waals surface area contributed by atoms with E-state index in [0.717, 1.165) is 42.4 Å². The second kappa shape index (κ2) is 6.86. The average Bonchev–Trinajstić information content (AvgIpc) is 3.31. The first-order valence-corrected chi connectivity index (χ1v) is 8.78. The van der Waals surface area contributed by atoms with Crippen LogP contribution in [0.2, 0.25) is 0 Å². The summed E-state index contributed by atoms with van der Waals surface area (Å²) in [6.45, 7) is 1.69. The fraction of sp³-hybridized carbons (Fsp3) is 0.350. The minimum Gasteiger partial charge on any atom is -0.454 e. The van der Waals surface area contributed by atoms with Gasteiger partial charge in [0.25, 0.3) is 0 Å². The summed E-state index contributed by atoms with van der Waals surface area (Å²) in [7, 11) is 1.76. The molecule has 0 atom stereocenters. The number of benzene rings is 2. The molecular weight excluding hydrogens is 333 g/mol. The molecule has 0 amide bonds. The van der Waals surface area contributed by atoms with Crippen molar-refractivity contribution in [2.45, 2.75) is 24.8 Å². The quantitative estimate of drug-likeness (QED) is 0.640. The Labute approximate surface area is 152 Å². The average molecular weight is 355 g/mol. The first-order chi connectivity index (χ1) is 12.7. The lowest BCUT2D eigenvalue weighted by molar-refractivity contribution is 0.174. The summed E-state index contributed by atoms with van der Waals surface area (Å²) < 4.78 is 23.9. The van der Waals surface area contributed by atoms with Gasteiger partial charge in [-0.2, -0.15) is 0 Å². The van der Waals surface area contributed by atoms with E-state index in [0.29, 0.717) is 6.54 Å². The fourth-order valence-electron chi connectivity index (χ4n) is 3.23. The molecule has 1 heterocycles. The van der Waals surface area contributed by atoms with E-state index in [2.05, 4.69) is 15.6 Å². The third-order valence-electron chi connectivity index (χ3n) is 5.02. The van der Waals surface area contributed by atoms with Crippen LogP contribution in [0, 0.1) is 5.82 Å². The van der Waals surface area contributed by atoms with Crippen LogP contribution in [-0.4, -0.2) is 26.3 Å². The summed E-state index contributed by atoms with van der Waals surface area (Å²) in [6.07, 6.45) is 2.20. The van der Waals surface area contributed by atoms with Gasteiger partial charge < -0.3 is 20.1 Å². The van der Waals surface area contributed by atoms with Crippen LogP contribution in [0.3, 0.4) is 0 Å². The van der Waals surface area contributed by atoms with Crippen molar-refractivity contribution in [2.75, 3.05) is 20.4 Å². The lowest BCUT2D eigenvalue weighted by Crippen LogP contribution is -2.40. The molecule has 0 aromatic heterocycles. The molecule has 136 valence electrons. The highest BCUT2D eigenvalue weighted by Gasteiger charge is 2.44. The van der Waals surface area contributed by atoms with Crippen LogP contribution in [0.25, 0.3) is 0 Å². The maximum atomic E-state index is 13.1. The summed E-state index contributed by atoms with van der Waals surface area (Å²) in [4.78, 5) is 4.29. The van der Waals surface area contributed by atoms with Crippen LogP contribution in [0.1, 0.15) is 24.0 Å². The van der Waals surface area contributed by atoms with Crippen molar-refractivity contribution in [3.63, 3.8) is 0 Å². The van der Waals surface area contributed by atoms with Gasteiger partial charge >= 0.3 is 0 Å². The number of aliphatic imine (C=N–C) groups is 1. The number of ether oxygens (including phenoxy) is 2. The first-order valence-electron chi connectivity index (χ1n) is 8.78. The van der Waals surface area contributed by atoms with Crippen molar-refractivity contribution in [2.24, 2.45) is 4.99 Å². The highest BCUT2D eigenvalue weighted by molar-refractivity contribution is 5.79. The lowest BCUT2D eigenvalue weighted by atomic mass is 9.96. The molecule has 4 rings (SSSR count). The van der Waals surface area contributed by atoms with Gasteiger partial charge in [0.15, 0.2) is 17.5 Å². The molecule has 0 unspecified atom stereocenters. The zero-order valence-corrected chi connectivity index (χ0v) is 14.7. The predicted molar refractivity (Wildman–Crippen MR) is 98.1 cm³/mol. The number of guanidine groups is 1. The number of hydrogen-bond donors (Lipinski definition) is 2. The maximum absolute atomic E-state index is 13.1. The Morgan fingerprint density at radius 3 is 2.58 bits per heavy atom. The zero-order chi connectivity index (χ0) is 18.0. The Kier molecular flexibility index (Phi) is 4.41. The van der Waals surface area contributed by atoms with Crippen LogP contribution in [-0.2, 0) is 12.0 Å². The summed E-state index contributed by atoms with van der Waals surface area (Å²) in [5.41, 5.74) is 2.36. The molecule has 0 radical (unpaired) electrons. The van der Waals surface area contributed by atoms with Gasteiger partial charge in [0, 0.05) is 25.6 Å². The fourth-order valence-corrected chi connectivity index (χ4v) is 3.23. The van der Waals surface area contributed by atoms with Gasteiger partial charge in [-0.05, 0) is 48.2 Å². The monoisotopic (exact) mass is 355 g/mol. The van der Waals surface area contributed by atoms with Gasteiger partial charge in [-0.3, -0.25) is 4.99 Å². The molecule has 1 fully saturated rings.